The largest absolute Gasteiger partial charge is 0.398 e. The third-order valence-corrected chi connectivity index (χ3v) is 2.24. The van der Waals surface area contributed by atoms with E-state index in [2.05, 4.69) is 32.6 Å². The molecular formula is C11H15N. The summed E-state index contributed by atoms with van der Waals surface area (Å²) >= 11 is 0. The van der Waals surface area contributed by atoms with Crippen LogP contribution in [0.5, 0.6) is 0 Å². The molecule has 0 spiro atoms. The van der Waals surface area contributed by atoms with Crippen molar-refractivity contribution in [2.24, 2.45) is 0 Å². The lowest BCUT2D eigenvalue weighted by Gasteiger charge is -2.08. The van der Waals surface area contributed by atoms with Gasteiger partial charge in [-0.2, -0.15) is 0 Å². The number of hydrogen-bond donors (Lipinski definition) is 1. The fourth-order valence-corrected chi connectivity index (χ4v) is 1.23. The molecule has 0 radical (unpaired) electrons. The lowest BCUT2D eigenvalue weighted by Crippen LogP contribution is -1.97. The predicted molar refractivity (Wildman–Crippen MR) is 54.2 cm³/mol. The molecule has 0 fully saturated rings. The van der Waals surface area contributed by atoms with Crippen molar-refractivity contribution >= 4 is 5.69 Å². The van der Waals surface area contributed by atoms with E-state index in [0.717, 1.165) is 12.1 Å². The molecule has 0 unspecified atom stereocenters. The van der Waals surface area contributed by atoms with Crippen molar-refractivity contribution in [3.8, 4) is 0 Å². The van der Waals surface area contributed by atoms with Crippen molar-refractivity contribution in [3.63, 3.8) is 0 Å². The van der Waals surface area contributed by atoms with Crippen molar-refractivity contribution in [2.75, 3.05) is 5.73 Å². The maximum atomic E-state index is 5.92. The first kappa shape index (κ1) is 8.85. The Morgan fingerprint density at radius 1 is 1.42 bits per heavy atom. The molecule has 2 N–H and O–H groups in total. The number of nitrogens with two attached hydrogens (primary N) is 1. The van der Waals surface area contributed by atoms with Gasteiger partial charge in [-0.05, 0) is 37.0 Å². The molecule has 0 amide bonds. The van der Waals surface area contributed by atoms with Crippen LogP contribution in [0.1, 0.15) is 16.7 Å². The molecule has 0 saturated heterocycles. The van der Waals surface area contributed by atoms with E-state index < -0.39 is 0 Å². The first-order chi connectivity index (χ1) is 5.66. The van der Waals surface area contributed by atoms with Gasteiger partial charge in [0.25, 0.3) is 0 Å². The molecule has 0 aliphatic heterocycles. The molecule has 12 heavy (non-hydrogen) atoms. The average Bonchev–Trinajstić information content (AvgIpc) is 2.07. The molecule has 1 aromatic carbocycles. The highest BCUT2D eigenvalue weighted by Crippen LogP contribution is 2.20. The maximum absolute atomic E-state index is 5.92. The summed E-state index contributed by atoms with van der Waals surface area (Å²) in [7, 11) is 0. The highest BCUT2D eigenvalue weighted by molar-refractivity contribution is 5.56. The van der Waals surface area contributed by atoms with Crippen LogP contribution in [-0.2, 0) is 6.42 Å². The monoisotopic (exact) mass is 161 g/mol. The normalized spacial score (nSPS) is 9.83. The molecule has 0 saturated carbocycles. The molecular weight excluding hydrogens is 146 g/mol. The Bertz CT molecular complexity index is 300. The van der Waals surface area contributed by atoms with Gasteiger partial charge in [-0.15, -0.1) is 6.58 Å². The van der Waals surface area contributed by atoms with Crippen LogP contribution in [0.3, 0.4) is 0 Å². The van der Waals surface area contributed by atoms with Crippen molar-refractivity contribution in [1.29, 1.82) is 0 Å². The van der Waals surface area contributed by atoms with Crippen LogP contribution in [0.2, 0.25) is 0 Å². The van der Waals surface area contributed by atoms with Gasteiger partial charge in [0.15, 0.2) is 0 Å². The Morgan fingerprint density at radius 2 is 2.08 bits per heavy atom. The average molecular weight is 161 g/mol. The molecule has 1 aromatic rings. The predicted octanol–water partition coefficient (Wildman–Crippen LogP) is 2.61. The van der Waals surface area contributed by atoms with E-state index in [0.29, 0.717) is 0 Å². The van der Waals surface area contributed by atoms with Crippen molar-refractivity contribution in [3.05, 3.63) is 41.5 Å². The number of aryl methyl sites for hydroxylation is 1. The Hall–Kier alpha value is -1.24. The number of anilines is 1. The van der Waals surface area contributed by atoms with E-state index in [1.54, 1.807) is 0 Å². The van der Waals surface area contributed by atoms with Crippen molar-refractivity contribution < 1.29 is 0 Å². The summed E-state index contributed by atoms with van der Waals surface area (Å²) in [6.07, 6.45) is 2.73. The van der Waals surface area contributed by atoms with Crippen LogP contribution in [0, 0.1) is 13.8 Å². The van der Waals surface area contributed by atoms with Crippen LogP contribution < -0.4 is 5.73 Å². The van der Waals surface area contributed by atoms with Gasteiger partial charge >= 0.3 is 0 Å². The highest BCUT2D eigenvalue weighted by atomic mass is 14.6. The Balaban J connectivity index is 3.16. The van der Waals surface area contributed by atoms with Gasteiger partial charge in [0.2, 0.25) is 0 Å². The van der Waals surface area contributed by atoms with Gasteiger partial charge in [-0.1, -0.05) is 18.2 Å². The number of hydrogen-bond acceptors (Lipinski definition) is 1. The standard InChI is InChI=1S/C11H15N/c1-4-5-10-7-6-8(2)9(3)11(10)12/h4,6-7H,1,5,12H2,2-3H3. The van der Waals surface area contributed by atoms with Crippen LogP contribution in [0.25, 0.3) is 0 Å². The summed E-state index contributed by atoms with van der Waals surface area (Å²) in [4.78, 5) is 0. The fraction of sp³-hybridized carbons (Fsp3) is 0.273. The van der Waals surface area contributed by atoms with Crippen LogP contribution in [0.15, 0.2) is 24.8 Å². The second-order valence-electron chi connectivity index (χ2n) is 3.07. The molecule has 0 heterocycles. The van der Waals surface area contributed by atoms with Gasteiger partial charge in [0.05, 0.1) is 0 Å². The first-order valence-corrected chi connectivity index (χ1v) is 4.12. The summed E-state index contributed by atoms with van der Waals surface area (Å²) in [5.41, 5.74) is 10.4. The smallest absolute Gasteiger partial charge is 0.0382 e. The molecule has 0 bridgehead atoms. The summed E-state index contributed by atoms with van der Waals surface area (Å²) < 4.78 is 0. The SMILES string of the molecule is C=CCc1ccc(C)c(C)c1N. The molecule has 64 valence electrons. The Morgan fingerprint density at radius 3 is 2.67 bits per heavy atom. The molecule has 0 aromatic heterocycles. The number of rotatable bonds is 2. The van der Waals surface area contributed by atoms with E-state index in [9.17, 15) is 0 Å². The van der Waals surface area contributed by atoms with Crippen LogP contribution in [0.4, 0.5) is 5.69 Å². The quantitative estimate of drug-likeness (QED) is 0.523. The van der Waals surface area contributed by atoms with Crippen molar-refractivity contribution in [2.45, 2.75) is 20.3 Å². The third-order valence-electron chi connectivity index (χ3n) is 2.24. The molecule has 1 nitrogen and oxygen atoms in total. The minimum atomic E-state index is 0.854. The first-order valence-electron chi connectivity index (χ1n) is 4.12. The molecule has 1 rings (SSSR count). The minimum Gasteiger partial charge on any atom is -0.398 e. The third kappa shape index (κ3) is 1.50. The summed E-state index contributed by atoms with van der Waals surface area (Å²) in [6, 6.07) is 4.17. The van der Waals surface area contributed by atoms with E-state index in [1.807, 2.05) is 6.08 Å². The zero-order chi connectivity index (χ0) is 9.14. The van der Waals surface area contributed by atoms with Crippen molar-refractivity contribution in [1.82, 2.24) is 0 Å². The molecule has 0 aliphatic rings. The summed E-state index contributed by atoms with van der Waals surface area (Å²) in [5.74, 6) is 0. The van der Waals surface area contributed by atoms with E-state index >= 15 is 0 Å². The zero-order valence-electron chi connectivity index (χ0n) is 7.72. The summed E-state index contributed by atoms with van der Waals surface area (Å²) in [6.45, 7) is 7.82. The number of nitrogen functional groups attached to an aromatic ring is 1. The maximum Gasteiger partial charge on any atom is 0.0382 e. The number of benzene rings is 1. The van der Waals surface area contributed by atoms with E-state index in [-0.39, 0.29) is 0 Å². The number of allylic oxidation sites excluding steroid dienone is 1. The van der Waals surface area contributed by atoms with E-state index in [4.69, 9.17) is 5.73 Å². The van der Waals surface area contributed by atoms with Gasteiger partial charge in [-0.3, -0.25) is 0 Å². The topological polar surface area (TPSA) is 26.0 Å². The zero-order valence-corrected chi connectivity index (χ0v) is 7.72. The Labute approximate surface area is 73.9 Å². The molecule has 1 heteroatoms. The van der Waals surface area contributed by atoms with E-state index in [1.165, 1.54) is 16.7 Å². The van der Waals surface area contributed by atoms with Crippen LogP contribution in [-0.4, -0.2) is 0 Å². The van der Waals surface area contributed by atoms with Gasteiger partial charge in [-0.25, -0.2) is 0 Å². The van der Waals surface area contributed by atoms with Gasteiger partial charge < -0.3 is 5.73 Å². The van der Waals surface area contributed by atoms with Crippen LogP contribution >= 0.6 is 0 Å². The highest BCUT2D eigenvalue weighted by Gasteiger charge is 2.01. The molecule has 0 atom stereocenters. The minimum absolute atomic E-state index is 0.854. The lowest BCUT2D eigenvalue weighted by molar-refractivity contribution is 1.23. The fourth-order valence-electron chi connectivity index (χ4n) is 1.23. The summed E-state index contributed by atoms with van der Waals surface area (Å²) in [5, 5.41) is 0. The second kappa shape index (κ2) is 3.44. The Kier molecular flexibility index (Phi) is 2.54. The molecule has 0 aliphatic carbocycles. The lowest BCUT2D eigenvalue weighted by atomic mass is 10.0. The second-order valence-corrected chi connectivity index (χ2v) is 3.07. The van der Waals surface area contributed by atoms with Gasteiger partial charge in [0, 0.05) is 5.69 Å². The van der Waals surface area contributed by atoms with Gasteiger partial charge in [0.1, 0.15) is 0 Å².